The first-order chi connectivity index (χ1) is 19.2. The van der Waals surface area contributed by atoms with Crippen LogP contribution in [0.4, 0.5) is 18.9 Å². The lowest BCUT2D eigenvalue weighted by Crippen LogP contribution is -2.35. The van der Waals surface area contributed by atoms with Gasteiger partial charge < -0.3 is 19.9 Å². The van der Waals surface area contributed by atoms with Crippen LogP contribution in [0.1, 0.15) is 46.3 Å². The average Bonchev–Trinajstić information content (AvgIpc) is 3.65. The highest BCUT2D eigenvalue weighted by Gasteiger charge is 2.40. The summed E-state index contributed by atoms with van der Waals surface area (Å²) in [6.07, 6.45) is -1.21. The Kier molecular flexibility index (Phi) is 6.67. The van der Waals surface area contributed by atoms with E-state index in [1.807, 2.05) is 48.0 Å². The molecule has 2 atom stereocenters. The summed E-state index contributed by atoms with van der Waals surface area (Å²) in [5.41, 5.74) is 2.63. The number of halogens is 3. The van der Waals surface area contributed by atoms with E-state index in [0.717, 1.165) is 35.6 Å². The van der Waals surface area contributed by atoms with E-state index in [-0.39, 0.29) is 30.3 Å². The van der Waals surface area contributed by atoms with E-state index < -0.39 is 23.8 Å². The van der Waals surface area contributed by atoms with Gasteiger partial charge in [-0.05, 0) is 65.8 Å². The van der Waals surface area contributed by atoms with Gasteiger partial charge in [-0.1, -0.05) is 36.4 Å². The summed E-state index contributed by atoms with van der Waals surface area (Å²) in [5.74, 6) is 0.203. The molecule has 2 aliphatic rings. The normalized spacial score (nSPS) is 18.9. The molecule has 1 aliphatic carbocycles. The number of hydrogen-bond donors (Lipinski definition) is 2. The lowest BCUT2D eigenvalue weighted by molar-refractivity contribution is -0.138. The van der Waals surface area contributed by atoms with Crippen molar-refractivity contribution >= 4 is 11.6 Å². The molecule has 0 saturated heterocycles. The van der Waals surface area contributed by atoms with Gasteiger partial charge in [0.1, 0.15) is 6.33 Å². The number of nitrogens with one attached hydrogen (secondary N) is 1. The monoisotopic (exact) mass is 547 g/mol. The third-order valence-corrected chi connectivity index (χ3v) is 7.80. The van der Waals surface area contributed by atoms with Gasteiger partial charge in [0.05, 0.1) is 18.2 Å². The van der Waals surface area contributed by atoms with Gasteiger partial charge in [0.2, 0.25) is 0 Å². The van der Waals surface area contributed by atoms with Crippen LogP contribution in [0, 0.1) is 0 Å². The highest BCUT2D eigenvalue weighted by Crippen LogP contribution is 2.40. The number of fused-ring (bicyclic) bond motifs is 1. The molecule has 206 valence electrons. The molecule has 0 unspecified atom stereocenters. The van der Waals surface area contributed by atoms with Crippen LogP contribution in [-0.2, 0) is 26.3 Å². The van der Waals surface area contributed by atoms with Crippen LogP contribution >= 0.6 is 0 Å². The van der Waals surface area contributed by atoms with Gasteiger partial charge in [0, 0.05) is 36.4 Å². The molecule has 7 nitrogen and oxygen atoms in total. The molecule has 1 saturated carbocycles. The van der Waals surface area contributed by atoms with Gasteiger partial charge in [-0.2, -0.15) is 13.2 Å². The van der Waals surface area contributed by atoms with Crippen molar-refractivity contribution in [2.45, 2.75) is 50.7 Å². The fraction of sp³-hybridized carbons (Fsp3) is 0.300. The number of alkyl halides is 3. The minimum Gasteiger partial charge on any atom is -0.392 e. The van der Waals surface area contributed by atoms with Crippen molar-refractivity contribution in [1.29, 1.82) is 0 Å². The molecule has 10 heteroatoms. The largest absolute Gasteiger partial charge is 0.416 e. The maximum absolute atomic E-state index is 14.2. The molecule has 1 amide bonds. The number of amides is 1. The number of carbonyl (C=O) groups excluding carboxylic acids is 1. The smallest absolute Gasteiger partial charge is 0.392 e. The van der Waals surface area contributed by atoms with Crippen LogP contribution in [0.5, 0.6) is 0 Å². The molecule has 0 bridgehead atoms. The number of aliphatic hydroxyl groups is 1. The Bertz CT molecular complexity index is 1580. The minimum atomic E-state index is -4.61. The molecule has 1 fully saturated rings. The summed E-state index contributed by atoms with van der Waals surface area (Å²) in [7, 11) is 1.85. The molecule has 2 N–H and O–H groups in total. The molecule has 4 aromatic rings. The van der Waals surface area contributed by atoms with E-state index in [4.69, 9.17) is 0 Å². The van der Waals surface area contributed by atoms with Crippen LogP contribution in [0.3, 0.4) is 0 Å². The summed E-state index contributed by atoms with van der Waals surface area (Å²) in [6.45, 7) is -0.0356. The number of nitrogens with zero attached hydrogens (tertiary/aromatic N) is 4. The zero-order valence-electron chi connectivity index (χ0n) is 21.8. The summed E-state index contributed by atoms with van der Waals surface area (Å²) >= 11 is 0. The van der Waals surface area contributed by atoms with Crippen LogP contribution in [0.25, 0.3) is 22.5 Å². The number of rotatable bonds is 6. The zero-order chi connectivity index (χ0) is 28.0. The van der Waals surface area contributed by atoms with E-state index in [0.29, 0.717) is 23.5 Å². The maximum Gasteiger partial charge on any atom is 0.416 e. The van der Waals surface area contributed by atoms with Gasteiger partial charge in [0.15, 0.2) is 5.82 Å². The number of hydrogen-bond acceptors (Lipinski definition) is 5. The first-order valence-electron chi connectivity index (χ1n) is 13.2. The Morgan fingerprint density at radius 2 is 1.82 bits per heavy atom. The molecule has 2 heterocycles. The van der Waals surface area contributed by atoms with Crippen molar-refractivity contribution in [3.8, 4) is 22.5 Å². The SMILES string of the molecule is Cn1cnnc1-c1ccccc1-c1cccc(N2Cc3c(cc(CN[C@H]4CCC[C@H]4O)cc3C(F)(F)F)C2=O)c1. The van der Waals surface area contributed by atoms with Gasteiger partial charge in [-0.25, -0.2) is 0 Å². The van der Waals surface area contributed by atoms with Crippen molar-refractivity contribution in [3.05, 3.63) is 89.2 Å². The van der Waals surface area contributed by atoms with Gasteiger partial charge in [0.25, 0.3) is 5.91 Å². The fourth-order valence-corrected chi connectivity index (χ4v) is 5.76. The van der Waals surface area contributed by atoms with Crippen molar-refractivity contribution < 1.29 is 23.1 Å². The van der Waals surface area contributed by atoms with Gasteiger partial charge >= 0.3 is 6.18 Å². The van der Waals surface area contributed by atoms with Crippen molar-refractivity contribution in [3.63, 3.8) is 0 Å². The second kappa shape index (κ2) is 10.2. The molecule has 0 spiro atoms. The van der Waals surface area contributed by atoms with Gasteiger partial charge in [-0.15, -0.1) is 10.2 Å². The number of aryl methyl sites for hydroxylation is 1. The quantitative estimate of drug-likeness (QED) is 0.341. The Morgan fingerprint density at radius 1 is 1.02 bits per heavy atom. The van der Waals surface area contributed by atoms with E-state index in [1.165, 1.54) is 4.90 Å². The van der Waals surface area contributed by atoms with E-state index >= 15 is 0 Å². The minimum absolute atomic E-state index is 0.0213. The molecular formula is C30H28F3N5O2. The topological polar surface area (TPSA) is 83.3 Å². The summed E-state index contributed by atoms with van der Waals surface area (Å²) in [6, 6.07) is 17.4. The highest BCUT2D eigenvalue weighted by molar-refractivity contribution is 6.10. The molecule has 0 radical (unpaired) electrons. The first kappa shape index (κ1) is 26.2. The van der Waals surface area contributed by atoms with Crippen LogP contribution in [-0.4, -0.2) is 37.9 Å². The second-order valence-corrected chi connectivity index (χ2v) is 10.4. The van der Waals surface area contributed by atoms with E-state index in [9.17, 15) is 23.1 Å². The molecule has 40 heavy (non-hydrogen) atoms. The van der Waals surface area contributed by atoms with E-state index in [2.05, 4.69) is 15.5 Å². The Balaban J connectivity index is 1.33. The highest BCUT2D eigenvalue weighted by atomic mass is 19.4. The molecule has 1 aliphatic heterocycles. The summed E-state index contributed by atoms with van der Waals surface area (Å²) < 4.78 is 44.3. The van der Waals surface area contributed by atoms with Crippen molar-refractivity contribution in [2.24, 2.45) is 7.05 Å². The second-order valence-electron chi connectivity index (χ2n) is 10.4. The average molecular weight is 548 g/mol. The number of benzene rings is 3. The van der Waals surface area contributed by atoms with E-state index in [1.54, 1.807) is 24.5 Å². The number of aliphatic hydroxyl groups excluding tert-OH is 1. The van der Waals surface area contributed by atoms with Crippen LogP contribution in [0.2, 0.25) is 0 Å². The molecule has 1 aromatic heterocycles. The summed E-state index contributed by atoms with van der Waals surface area (Å²) in [5, 5.41) is 21.4. The molecule has 3 aromatic carbocycles. The summed E-state index contributed by atoms with van der Waals surface area (Å²) in [4.78, 5) is 15.0. The Hall–Kier alpha value is -4.02. The number of anilines is 1. The lowest BCUT2D eigenvalue weighted by Gasteiger charge is -2.18. The first-order valence-corrected chi connectivity index (χ1v) is 13.2. The van der Waals surface area contributed by atoms with Crippen LogP contribution in [0.15, 0.2) is 67.0 Å². The predicted octanol–water partition coefficient (Wildman–Crippen LogP) is 5.33. The predicted molar refractivity (Wildman–Crippen MR) is 144 cm³/mol. The Morgan fingerprint density at radius 3 is 2.52 bits per heavy atom. The van der Waals surface area contributed by atoms with Crippen molar-refractivity contribution in [1.82, 2.24) is 20.1 Å². The molecular weight excluding hydrogens is 519 g/mol. The van der Waals surface area contributed by atoms with Crippen LogP contribution < -0.4 is 10.2 Å². The zero-order valence-corrected chi connectivity index (χ0v) is 21.8. The number of carbonyl (C=O) groups is 1. The lowest BCUT2D eigenvalue weighted by atomic mass is 9.98. The third-order valence-electron chi connectivity index (χ3n) is 7.80. The maximum atomic E-state index is 14.2. The van der Waals surface area contributed by atoms with Gasteiger partial charge in [-0.3, -0.25) is 4.79 Å². The standard InChI is InChI=1S/C30H28F3N5O2/c1-37-17-35-36-28(37)22-9-3-2-8-21(22)19-6-4-7-20(14-19)38-16-24-23(29(38)40)12-18(13-25(24)30(31,32)33)15-34-26-10-5-11-27(26)39/h2-4,6-9,12-14,17,26-27,34,39H,5,10-11,15-16H2,1H3/t26-,27+/m0/s1. The fourth-order valence-electron chi connectivity index (χ4n) is 5.76. The molecule has 6 rings (SSSR count). The van der Waals surface area contributed by atoms with Crippen molar-refractivity contribution in [2.75, 3.05) is 4.90 Å². The Labute approximate surface area is 229 Å². The number of aromatic nitrogens is 3. The third kappa shape index (κ3) is 4.77.